The number of hydrogen-bond donors (Lipinski definition) is 0. The zero-order valence-corrected chi connectivity index (χ0v) is 4.32. The van der Waals surface area contributed by atoms with E-state index in [0.29, 0.717) is 0 Å². The maximum atomic E-state index is 9.80. The number of allylic oxidation sites excluding steroid dienone is 2. The van der Waals surface area contributed by atoms with Gasteiger partial charge < -0.3 is 0 Å². The first-order valence-corrected chi connectivity index (χ1v) is 2.41. The van der Waals surface area contributed by atoms with Crippen LogP contribution in [0, 0.1) is 0 Å². The second-order valence-corrected chi connectivity index (χ2v) is 1.83. The van der Waals surface area contributed by atoms with E-state index in [0.717, 1.165) is 18.4 Å². The van der Waals surface area contributed by atoms with Crippen molar-refractivity contribution in [3.05, 3.63) is 11.1 Å². The lowest BCUT2D eigenvalue weighted by Crippen LogP contribution is -1.71. The molecule has 1 rings (SSSR count). The Balaban J connectivity index is 2.65. The Bertz CT molecular complexity index is 116. The first-order valence-electron chi connectivity index (χ1n) is 2.41. The molecular formula is C6H7O. The Morgan fingerprint density at radius 1 is 1.71 bits per heavy atom. The Labute approximate surface area is 43.0 Å². The summed E-state index contributed by atoms with van der Waals surface area (Å²) in [4.78, 5) is 9.80. The molecular weight excluding hydrogens is 88.1 g/mol. The molecule has 0 aromatic heterocycles. The van der Waals surface area contributed by atoms with Crippen molar-refractivity contribution in [1.29, 1.82) is 0 Å². The summed E-state index contributed by atoms with van der Waals surface area (Å²) in [5.74, 6) is 0. The predicted octanol–water partition coefficient (Wildman–Crippen LogP) is 1.21. The van der Waals surface area contributed by atoms with Crippen LogP contribution >= 0.6 is 0 Å². The van der Waals surface area contributed by atoms with Gasteiger partial charge in [-0.2, -0.15) is 0 Å². The summed E-state index contributed by atoms with van der Waals surface area (Å²) in [6, 6.07) is 0. The molecule has 7 heavy (non-hydrogen) atoms. The maximum Gasteiger partial charge on any atom is 0.228 e. The minimum atomic E-state index is 0.819. The minimum Gasteiger partial charge on any atom is -0.285 e. The molecule has 1 aliphatic rings. The largest absolute Gasteiger partial charge is 0.285 e. The van der Waals surface area contributed by atoms with Crippen LogP contribution in [0.3, 0.4) is 0 Å². The average molecular weight is 95.1 g/mol. The third kappa shape index (κ3) is 0.889. The van der Waals surface area contributed by atoms with Crippen LogP contribution in [-0.2, 0) is 4.79 Å². The van der Waals surface area contributed by atoms with Crippen LogP contribution < -0.4 is 0 Å². The molecule has 0 aliphatic heterocycles. The minimum absolute atomic E-state index is 0.819. The van der Waals surface area contributed by atoms with Crippen molar-refractivity contribution in [1.82, 2.24) is 0 Å². The zero-order chi connectivity index (χ0) is 5.28. The Morgan fingerprint density at radius 2 is 2.29 bits per heavy atom. The number of carbonyl (C=O) groups excluding carboxylic acids is 1. The summed E-state index contributed by atoms with van der Waals surface area (Å²) in [7, 11) is 0. The molecule has 0 amide bonds. The third-order valence-electron chi connectivity index (χ3n) is 1.18. The van der Waals surface area contributed by atoms with E-state index in [1.807, 2.05) is 13.2 Å². The topological polar surface area (TPSA) is 17.1 Å². The second kappa shape index (κ2) is 1.49. The van der Waals surface area contributed by atoms with Crippen LogP contribution in [0.5, 0.6) is 0 Å². The molecule has 0 aromatic carbocycles. The van der Waals surface area contributed by atoms with Crippen LogP contribution in [-0.4, -0.2) is 6.29 Å². The van der Waals surface area contributed by atoms with E-state index in [1.54, 1.807) is 0 Å². The highest BCUT2D eigenvalue weighted by Crippen LogP contribution is 2.30. The first kappa shape index (κ1) is 4.57. The van der Waals surface area contributed by atoms with Crippen molar-refractivity contribution in [2.75, 3.05) is 0 Å². The molecule has 37 valence electrons. The van der Waals surface area contributed by atoms with E-state index in [9.17, 15) is 4.79 Å². The van der Waals surface area contributed by atoms with Crippen LogP contribution in [0.1, 0.15) is 19.8 Å². The monoisotopic (exact) mass is 95.0 g/mol. The van der Waals surface area contributed by atoms with Gasteiger partial charge in [-0.05, 0) is 25.3 Å². The molecule has 1 radical (unpaired) electrons. The number of rotatable bonds is 1. The molecule has 0 bridgehead atoms. The predicted molar refractivity (Wildman–Crippen MR) is 27.6 cm³/mol. The summed E-state index contributed by atoms with van der Waals surface area (Å²) in [6.45, 7) is 1.81. The smallest absolute Gasteiger partial charge is 0.228 e. The molecule has 1 heteroatoms. The van der Waals surface area contributed by atoms with Crippen molar-refractivity contribution >= 4 is 6.29 Å². The fraction of sp³-hybridized carbons (Fsp3) is 0.500. The van der Waals surface area contributed by atoms with Gasteiger partial charge in [0.1, 0.15) is 0 Å². The van der Waals surface area contributed by atoms with Gasteiger partial charge in [-0.15, -0.1) is 0 Å². The highest BCUT2D eigenvalue weighted by atomic mass is 16.1. The summed E-state index contributed by atoms with van der Waals surface area (Å²) in [5, 5.41) is 0. The van der Waals surface area contributed by atoms with Crippen molar-refractivity contribution in [2.45, 2.75) is 19.8 Å². The van der Waals surface area contributed by atoms with Gasteiger partial charge >= 0.3 is 0 Å². The Kier molecular flexibility index (Phi) is 0.970. The lowest BCUT2D eigenvalue weighted by molar-refractivity contribution is 0.561. The first-order chi connectivity index (χ1) is 3.34. The normalized spacial score (nSPS) is 16.4. The van der Waals surface area contributed by atoms with E-state index >= 15 is 0 Å². The molecule has 0 N–H and O–H groups in total. The van der Waals surface area contributed by atoms with Gasteiger partial charge in [0, 0.05) is 0 Å². The van der Waals surface area contributed by atoms with E-state index in [-0.39, 0.29) is 0 Å². The summed E-state index contributed by atoms with van der Waals surface area (Å²) < 4.78 is 0. The number of hydrogen-bond acceptors (Lipinski definition) is 1. The Morgan fingerprint density at radius 3 is 2.43 bits per heavy atom. The van der Waals surface area contributed by atoms with Gasteiger partial charge in [0.15, 0.2) is 0 Å². The third-order valence-corrected chi connectivity index (χ3v) is 1.18. The summed E-state index contributed by atoms with van der Waals surface area (Å²) >= 11 is 0. The molecule has 1 nitrogen and oxygen atoms in total. The van der Waals surface area contributed by atoms with Crippen LogP contribution in [0.25, 0.3) is 0 Å². The van der Waals surface area contributed by atoms with Crippen molar-refractivity contribution in [3.63, 3.8) is 0 Å². The van der Waals surface area contributed by atoms with Gasteiger partial charge in [0.05, 0.1) is 0 Å². The van der Waals surface area contributed by atoms with Crippen LogP contribution in [0.2, 0.25) is 0 Å². The highest BCUT2D eigenvalue weighted by Gasteiger charge is 2.13. The van der Waals surface area contributed by atoms with Crippen molar-refractivity contribution in [3.8, 4) is 0 Å². The molecule has 1 fully saturated rings. The lowest BCUT2D eigenvalue weighted by Gasteiger charge is -1.74. The quantitative estimate of drug-likeness (QED) is 0.447. The maximum absolute atomic E-state index is 9.80. The van der Waals surface area contributed by atoms with Crippen molar-refractivity contribution < 1.29 is 4.79 Å². The van der Waals surface area contributed by atoms with Gasteiger partial charge in [0.25, 0.3) is 0 Å². The fourth-order valence-electron chi connectivity index (χ4n) is 0.510. The van der Waals surface area contributed by atoms with Crippen molar-refractivity contribution in [2.24, 2.45) is 0 Å². The van der Waals surface area contributed by atoms with E-state index in [2.05, 4.69) is 0 Å². The van der Waals surface area contributed by atoms with Crippen LogP contribution in [0.4, 0.5) is 0 Å². The Hall–Kier alpha value is -0.590. The molecule has 1 aliphatic carbocycles. The van der Waals surface area contributed by atoms with Gasteiger partial charge in [-0.25, -0.2) is 0 Å². The standard InChI is InChI=1S/C6H7O/c1-5(4-7)6-2-3-6/h2-3H2,1H3. The zero-order valence-electron chi connectivity index (χ0n) is 4.32. The van der Waals surface area contributed by atoms with E-state index < -0.39 is 0 Å². The molecule has 0 unspecified atom stereocenters. The summed E-state index contributed by atoms with van der Waals surface area (Å²) in [6.07, 6.45) is 4.11. The fourth-order valence-corrected chi connectivity index (χ4v) is 0.510. The van der Waals surface area contributed by atoms with E-state index in [1.165, 1.54) is 5.57 Å². The molecule has 0 aromatic rings. The molecule has 0 heterocycles. The molecule has 0 saturated heterocycles. The molecule has 0 atom stereocenters. The SMILES string of the molecule is CC([C]=O)=C1CC1. The van der Waals surface area contributed by atoms with E-state index in [4.69, 9.17) is 0 Å². The van der Waals surface area contributed by atoms with Gasteiger partial charge in [-0.1, -0.05) is 5.57 Å². The lowest BCUT2D eigenvalue weighted by atomic mass is 10.3. The average Bonchev–Trinajstić information content (AvgIpc) is 2.44. The summed E-state index contributed by atoms with van der Waals surface area (Å²) in [5.41, 5.74) is 2.11. The second-order valence-electron chi connectivity index (χ2n) is 1.83. The highest BCUT2D eigenvalue weighted by molar-refractivity contribution is 5.75. The van der Waals surface area contributed by atoms with Gasteiger partial charge in [-0.3, -0.25) is 4.79 Å². The molecule has 1 saturated carbocycles. The van der Waals surface area contributed by atoms with Gasteiger partial charge in [0.2, 0.25) is 6.29 Å². The molecule has 0 spiro atoms. The van der Waals surface area contributed by atoms with Crippen LogP contribution in [0.15, 0.2) is 11.1 Å².